The molecule has 3 aromatic rings. The molecule has 1 unspecified atom stereocenters. The van der Waals surface area contributed by atoms with Gasteiger partial charge < -0.3 is 9.84 Å². The number of nitriles is 1. The average Bonchev–Trinajstić information content (AvgIpc) is 3.41. The van der Waals surface area contributed by atoms with Gasteiger partial charge in [-0.2, -0.15) is 5.26 Å². The number of hydrogen-bond acceptors (Lipinski definition) is 9. The maximum atomic E-state index is 13.5. The van der Waals surface area contributed by atoms with Gasteiger partial charge in [0, 0.05) is 43.9 Å². The van der Waals surface area contributed by atoms with E-state index in [0.717, 1.165) is 12.4 Å². The van der Waals surface area contributed by atoms with Crippen LogP contribution in [-0.2, 0) is 0 Å². The van der Waals surface area contributed by atoms with E-state index in [1.54, 1.807) is 24.3 Å². The SMILES string of the molecule is CN1c2cc(-c3cc(Oc4ncc(C(=O)O)cn4)ccc3C#N)ccc2N(CC2CC2(F)F)S1(O)O. The Bertz CT molecular complexity index is 1410. The first-order chi connectivity index (χ1) is 17.0. The standard InChI is InChI=1S/C23H19F2N5O5S/c1-29-20-6-13(3-5-19(20)30(36(29,33)34)12-16-8-23(16,24)25)18-7-17(4-2-14(18)9-26)35-22-27-10-15(11-28-22)21(31)32/h2-7,10-11,16,33-34H,8,12H2,1H3,(H,31,32). The Morgan fingerprint density at radius 3 is 2.53 bits per heavy atom. The van der Waals surface area contributed by atoms with Crippen LogP contribution in [0.5, 0.6) is 11.8 Å². The third kappa shape index (κ3) is 4.05. The number of benzene rings is 2. The van der Waals surface area contributed by atoms with E-state index in [1.807, 2.05) is 0 Å². The van der Waals surface area contributed by atoms with Gasteiger partial charge in [0.2, 0.25) is 0 Å². The van der Waals surface area contributed by atoms with Crippen molar-refractivity contribution in [3.63, 3.8) is 0 Å². The average molecular weight is 515 g/mol. The maximum absolute atomic E-state index is 13.5. The number of fused-ring (bicyclic) bond motifs is 1. The van der Waals surface area contributed by atoms with Gasteiger partial charge in [-0.25, -0.2) is 23.5 Å². The minimum atomic E-state index is -3.52. The van der Waals surface area contributed by atoms with Crippen LogP contribution in [0.25, 0.3) is 11.1 Å². The quantitative estimate of drug-likeness (QED) is 0.410. The molecule has 0 radical (unpaired) electrons. The van der Waals surface area contributed by atoms with E-state index < -0.39 is 28.8 Å². The summed E-state index contributed by atoms with van der Waals surface area (Å²) >= 11 is 0. The topological polar surface area (TPSA) is 143 Å². The fraction of sp³-hybridized carbons (Fsp3) is 0.217. The summed E-state index contributed by atoms with van der Waals surface area (Å²) in [6.07, 6.45) is 1.91. The van der Waals surface area contributed by atoms with Crippen LogP contribution >= 0.6 is 11.0 Å². The third-order valence-corrected chi connectivity index (χ3v) is 7.96. The summed E-state index contributed by atoms with van der Waals surface area (Å²) in [5.74, 6) is -4.66. The maximum Gasteiger partial charge on any atom is 0.338 e. The van der Waals surface area contributed by atoms with E-state index in [1.165, 1.54) is 27.8 Å². The number of hydrogen-bond donors (Lipinski definition) is 3. The van der Waals surface area contributed by atoms with Gasteiger partial charge in [-0.05, 0) is 46.9 Å². The van der Waals surface area contributed by atoms with Crippen molar-refractivity contribution in [3.8, 4) is 29.0 Å². The molecule has 36 heavy (non-hydrogen) atoms. The summed E-state index contributed by atoms with van der Waals surface area (Å²) < 4.78 is 56.6. The predicted octanol–water partition coefficient (Wildman–Crippen LogP) is 5.00. The highest BCUT2D eigenvalue weighted by Gasteiger charge is 2.59. The molecule has 2 aromatic carbocycles. The highest BCUT2D eigenvalue weighted by atomic mass is 32.3. The van der Waals surface area contributed by atoms with Crippen LogP contribution in [0.1, 0.15) is 22.3 Å². The van der Waals surface area contributed by atoms with Gasteiger partial charge >= 0.3 is 12.0 Å². The summed E-state index contributed by atoms with van der Waals surface area (Å²) in [4.78, 5) is 18.7. The third-order valence-electron chi connectivity index (χ3n) is 6.10. The van der Waals surface area contributed by atoms with E-state index in [9.17, 15) is 27.9 Å². The molecule has 1 fully saturated rings. The molecule has 186 valence electrons. The fourth-order valence-corrected chi connectivity index (χ4v) is 5.44. The van der Waals surface area contributed by atoms with Gasteiger partial charge in [0.05, 0.1) is 28.6 Å². The molecule has 1 aromatic heterocycles. The van der Waals surface area contributed by atoms with Crippen molar-refractivity contribution in [1.82, 2.24) is 9.97 Å². The lowest BCUT2D eigenvalue weighted by Gasteiger charge is -2.42. The summed E-state index contributed by atoms with van der Waals surface area (Å²) in [7, 11) is -2.05. The van der Waals surface area contributed by atoms with Crippen molar-refractivity contribution in [2.24, 2.45) is 5.92 Å². The zero-order chi connectivity index (χ0) is 25.8. The number of nitrogens with zero attached hydrogens (tertiary/aromatic N) is 5. The van der Waals surface area contributed by atoms with E-state index >= 15 is 0 Å². The monoisotopic (exact) mass is 515 g/mol. The molecule has 10 nitrogen and oxygen atoms in total. The second-order valence-electron chi connectivity index (χ2n) is 8.39. The number of carbonyl (C=O) groups is 1. The number of aromatic carboxylic acids is 1. The molecular weight excluding hydrogens is 496 g/mol. The second kappa shape index (κ2) is 8.30. The molecule has 13 heteroatoms. The number of aromatic nitrogens is 2. The van der Waals surface area contributed by atoms with Crippen molar-refractivity contribution >= 4 is 28.3 Å². The van der Waals surface area contributed by atoms with E-state index in [0.29, 0.717) is 28.1 Å². The molecular formula is C23H19F2N5O5S. The number of rotatable bonds is 6. The highest BCUT2D eigenvalue weighted by molar-refractivity contribution is 8.26. The van der Waals surface area contributed by atoms with Crippen LogP contribution < -0.4 is 13.3 Å². The van der Waals surface area contributed by atoms with Crippen LogP contribution in [0.3, 0.4) is 0 Å². The zero-order valence-electron chi connectivity index (χ0n) is 18.7. The number of halogens is 2. The molecule has 0 amide bonds. The summed E-state index contributed by atoms with van der Waals surface area (Å²) in [6, 6.07) is 11.5. The van der Waals surface area contributed by atoms with Crippen LogP contribution in [0, 0.1) is 17.2 Å². The van der Waals surface area contributed by atoms with Crippen LogP contribution in [0.15, 0.2) is 48.8 Å². The van der Waals surface area contributed by atoms with Crippen molar-refractivity contribution in [3.05, 3.63) is 59.9 Å². The first-order valence-electron chi connectivity index (χ1n) is 10.6. The van der Waals surface area contributed by atoms with E-state index in [2.05, 4.69) is 16.0 Å². The molecule has 0 saturated heterocycles. The Hall–Kier alpha value is -3.99. The Morgan fingerprint density at radius 2 is 1.92 bits per heavy atom. The van der Waals surface area contributed by atoms with Gasteiger partial charge in [0.25, 0.3) is 5.92 Å². The number of ether oxygens (including phenoxy) is 1. The number of anilines is 2. The normalized spacial score (nSPS) is 19.8. The lowest BCUT2D eigenvalue weighted by Crippen LogP contribution is -2.33. The Kier molecular flexibility index (Phi) is 5.47. The molecule has 2 aliphatic rings. The summed E-state index contributed by atoms with van der Waals surface area (Å²) in [6.45, 7) is -0.195. The molecule has 5 rings (SSSR count). The van der Waals surface area contributed by atoms with Gasteiger partial charge in [0.15, 0.2) is 0 Å². The largest absolute Gasteiger partial charge is 0.478 e. The number of carboxylic acid groups (broad SMARTS) is 1. The Morgan fingerprint density at radius 1 is 1.22 bits per heavy atom. The second-order valence-corrected chi connectivity index (χ2v) is 10.4. The van der Waals surface area contributed by atoms with Gasteiger partial charge in [-0.3, -0.25) is 17.7 Å². The zero-order valence-corrected chi connectivity index (χ0v) is 19.5. The predicted molar refractivity (Wildman–Crippen MR) is 127 cm³/mol. The number of carboxylic acids is 1. The smallest absolute Gasteiger partial charge is 0.338 e. The van der Waals surface area contributed by atoms with E-state index in [4.69, 9.17) is 9.84 Å². The molecule has 2 heterocycles. The van der Waals surface area contributed by atoms with E-state index in [-0.39, 0.29) is 30.3 Å². The molecule has 1 atom stereocenters. The Labute approximate surface area is 205 Å². The molecule has 1 aliphatic carbocycles. The first-order valence-corrected chi connectivity index (χ1v) is 12.1. The molecule has 0 bridgehead atoms. The molecule has 0 spiro atoms. The minimum Gasteiger partial charge on any atom is -0.478 e. The summed E-state index contributed by atoms with van der Waals surface area (Å²) in [5.41, 5.74) is 2.05. The van der Waals surface area contributed by atoms with Crippen LogP contribution in [-0.4, -0.2) is 49.7 Å². The first kappa shape index (κ1) is 23.7. The van der Waals surface area contributed by atoms with Gasteiger partial charge in [0.1, 0.15) is 5.75 Å². The molecule has 1 aliphatic heterocycles. The van der Waals surface area contributed by atoms with Crippen LogP contribution in [0.4, 0.5) is 20.2 Å². The lowest BCUT2D eigenvalue weighted by molar-refractivity contribution is 0.0695. The highest BCUT2D eigenvalue weighted by Crippen LogP contribution is 2.63. The van der Waals surface area contributed by atoms with Crippen molar-refractivity contribution in [1.29, 1.82) is 5.26 Å². The molecule has 1 saturated carbocycles. The number of alkyl halides is 2. The van der Waals surface area contributed by atoms with Crippen LogP contribution in [0.2, 0.25) is 0 Å². The fourth-order valence-electron chi connectivity index (χ4n) is 3.94. The Balaban J connectivity index is 1.47. The van der Waals surface area contributed by atoms with Crippen molar-refractivity contribution in [2.45, 2.75) is 12.3 Å². The lowest BCUT2D eigenvalue weighted by atomic mass is 9.99. The minimum absolute atomic E-state index is 0.0918. The van der Waals surface area contributed by atoms with Crippen molar-refractivity contribution in [2.75, 3.05) is 22.2 Å². The van der Waals surface area contributed by atoms with Crippen molar-refractivity contribution < 1.29 is 32.5 Å². The van der Waals surface area contributed by atoms with Gasteiger partial charge in [-0.1, -0.05) is 6.07 Å². The van der Waals surface area contributed by atoms with Gasteiger partial charge in [-0.15, -0.1) is 0 Å². The summed E-state index contributed by atoms with van der Waals surface area (Å²) in [5, 5.41) is 18.6. The molecule has 3 N–H and O–H groups in total.